The number of ketones is 1. The highest BCUT2D eigenvalue weighted by Crippen LogP contribution is 2.14. The van der Waals surface area contributed by atoms with Crippen LogP contribution >= 0.6 is 0 Å². The zero-order chi connectivity index (χ0) is 10.8. The number of carbonyl (C=O) groups is 1. The lowest BCUT2D eigenvalue weighted by molar-refractivity contribution is 0.103. The highest BCUT2D eigenvalue weighted by atomic mass is 16.3. The minimum Gasteiger partial charge on any atom is -0.469 e. The van der Waals surface area contributed by atoms with Crippen molar-refractivity contribution >= 4 is 5.78 Å². The molecule has 2 heterocycles. The molecule has 0 aliphatic carbocycles. The molecule has 0 unspecified atom stereocenters. The van der Waals surface area contributed by atoms with Crippen LogP contribution in [0.15, 0.2) is 35.2 Å². The summed E-state index contributed by atoms with van der Waals surface area (Å²) < 4.78 is 5.11. The second kappa shape index (κ2) is 3.69. The van der Waals surface area contributed by atoms with Crippen molar-refractivity contribution in [3.05, 3.63) is 53.2 Å². The van der Waals surface area contributed by atoms with Gasteiger partial charge in [-0.3, -0.25) is 9.78 Å². The maximum Gasteiger partial charge on any atom is 0.198 e. The van der Waals surface area contributed by atoms with Crippen molar-refractivity contribution in [2.75, 3.05) is 0 Å². The molecule has 0 fully saturated rings. The van der Waals surface area contributed by atoms with Gasteiger partial charge in [-0.1, -0.05) is 0 Å². The molecule has 15 heavy (non-hydrogen) atoms. The van der Waals surface area contributed by atoms with Crippen LogP contribution in [0.2, 0.25) is 0 Å². The van der Waals surface area contributed by atoms with Crippen LogP contribution in [0.5, 0.6) is 0 Å². The van der Waals surface area contributed by atoms with Crippen LogP contribution in [-0.4, -0.2) is 10.8 Å². The molecule has 0 spiro atoms. The summed E-state index contributed by atoms with van der Waals surface area (Å²) in [6, 6.07) is 3.55. The number of rotatable bonds is 2. The molecule has 3 nitrogen and oxygen atoms in total. The second-order valence-corrected chi connectivity index (χ2v) is 3.47. The molecule has 2 aromatic heterocycles. The predicted octanol–water partition coefficient (Wildman–Crippen LogP) is 2.52. The van der Waals surface area contributed by atoms with E-state index in [1.54, 1.807) is 18.5 Å². The normalized spacial score (nSPS) is 10.3. The third kappa shape index (κ3) is 1.81. The maximum atomic E-state index is 12.0. The fraction of sp³-hybridized carbons (Fsp3) is 0.167. The Morgan fingerprint density at radius 1 is 1.40 bits per heavy atom. The van der Waals surface area contributed by atoms with E-state index in [4.69, 9.17) is 4.42 Å². The molecule has 0 saturated carbocycles. The number of aromatic nitrogens is 1. The molecule has 3 heteroatoms. The third-order valence-electron chi connectivity index (χ3n) is 2.28. The van der Waals surface area contributed by atoms with Crippen molar-refractivity contribution in [2.24, 2.45) is 0 Å². The number of pyridine rings is 1. The molecule has 2 aromatic rings. The van der Waals surface area contributed by atoms with Gasteiger partial charge in [0, 0.05) is 18.0 Å². The highest BCUT2D eigenvalue weighted by molar-refractivity contribution is 6.09. The standard InChI is InChI=1S/C12H11NO2/c1-8-3-4-13-6-11(8)12(14)10-5-9(2)15-7-10/h3-7H,1-2H3. The van der Waals surface area contributed by atoms with Gasteiger partial charge in [0.25, 0.3) is 0 Å². The van der Waals surface area contributed by atoms with Crippen molar-refractivity contribution in [1.82, 2.24) is 4.98 Å². The molecule has 0 radical (unpaired) electrons. The number of aryl methyl sites for hydroxylation is 2. The van der Waals surface area contributed by atoms with Crippen molar-refractivity contribution < 1.29 is 9.21 Å². The van der Waals surface area contributed by atoms with Gasteiger partial charge in [-0.05, 0) is 31.5 Å². The van der Waals surface area contributed by atoms with E-state index in [-0.39, 0.29) is 5.78 Å². The Morgan fingerprint density at radius 2 is 2.20 bits per heavy atom. The Bertz CT molecular complexity index is 500. The fourth-order valence-corrected chi connectivity index (χ4v) is 1.42. The fourth-order valence-electron chi connectivity index (χ4n) is 1.42. The zero-order valence-corrected chi connectivity index (χ0v) is 8.65. The first kappa shape index (κ1) is 9.65. The lowest BCUT2D eigenvalue weighted by Gasteiger charge is -2.00. The molecule has 0 saturated heterocycles. The third-order valence-corrected chi connectivity index (χ3v) is 2.28. The van der Waals surface area contributed by atoms with E-state index in [2.05, 4.69) is 4.98 Å². The summed E-state index contributed by atoms with van der Waals surface area (Å²) in [5.74, 6) is 0.692. The van der Waals surface area contributed by atoms with Crippen LogP contribution in [0.1, 0.15) is 27.2 Å². The molecule has 0 N–H and O–H groups in total. The number of hydrogen-bond donors (Lipinski definition) is 0. The first-order valence-electron chi connectivity index (χ1n) is 4.69. The minimum absolute atomic E-state index is 0.0440. The summed E-state index contributed by atoms with van der Waals surface area (Å²) in [6.07, 6.45) is 4.73. The molecule has 0 aliphatic rings. The molecular formula is C12H11NO2. The van der Waals surface area contributed by atoms with Gasteiger partial charge in [0.15, 0.2) is 5.78 Å². The first-order valence-corrected chi connectivity index (χ1v) is 4.69. The Hall–Kier alpha value is -1.90. The summed E-state index contributed by atoms with van der Waals surface area (Å²) in [5, 5.41) is 0. The van der Waals surface area contributed by atoms with Gasteiger partial charge in [-0.25, -0.2) is 0 Å². The number of hydrogen-bond acceptors (Lipinski definition) is 3. The van der Waals surface area contributed by atoms with E-state index in [1.807, 2.05) is 19.9 Å². The second-order valence-electron chi connectivity index (χ2n) is 3.47. The van der Waals surface area contributed by atoms with Crippen molar-refractivity contribution in [2.45, 2.75) is 13.8 Å². The van der Waals surface area contributed by atoms with Gasteiger partial charge >= 0.3 is 0 Å². The molecule has 0 atom stereocenters. The molecule has 0 aromatic carbocycles. The van der Waals surface area contributed by atoms with Crippen molar-refractivity contribution in [3.63, 3.8) is 0 Å². The molecule has 2 rings (SSSR count). The van der Waals surface area contributed by atoms with Crippen molar-refractivity contribution in [1.29, 1.82) is 0 Å². The van der Waals surface area contributed by atoms with E-state index >= 15 is 0 Å². The Kier molecular flexibility index (Phi) is 2.37. The first-order chi connectivity index (χ1) is 7.18. The number of nitrogens with zero attached hydrogens (tertiary/aromatic N) is 1. The van der Waals surface area contributed by atoms with Crippen LogP contribution in [0, 0.1) is 13.8 Å². The molecule has 76 valence electrons. The van der Waals surface area contributed by atoms with Crippen molar-refractivity contribution in [3.8, 4) is 0 Å². The molecule has 0 bridgehead atoms. The van der Waals surface area contributed by atoms with E-state index in [9.17, 15) is 4.79 Å². The summed E-state index contributed by atoms with van der Waals surface area (Å²) in [5.41, 5.74) is 2.12. The quantitative estimate of drug-likeness (QED) is 0.701. The summed E-state index contributed by atoms with van der Waals surface area (Å²) >= 11 is 0. The van der Waals surface area contributed by atoms with Gasteiger partial charge in [-0.15, -0.1) is 0 Å². The lowest BCUT2D eigenvalue weighted by Crippen LogP contribution is -2.02. The van der Waals surface area contributed by atoms with E-state index < -0.39 is 0 Å². The van der Waals surface area contributed by atoms with Gasteiger partial charge in [0.2, 0.25) is 0 Å². The van der Waals surface area contributed by atoms with Crippen LogP contribution in [-0.2, 0) is 0 Å². The van der Waals surface area contributed by atoms with Gasteiger partial charge in [0.05, 0.1) is 5.56 Å². The molecular weight excluding hydrogens is 190 g/mol. The van der Waals surface area contributed by atoms with Crippen LogP contribution in [0.4, 0.5) is 0 Å². The summed E-state index contributed by atoms with van der Waals surface area (Å²) in [7, 11) is 0. The smallest absolute Gasteiger partial charge is 0.198 e. The average Bonchev–Trinajstić information content (AvgIpc) is 2.65. The maximum absolute atomic E-state index is 12.0. The molecule has 0 aliphatic heterocycles. The summed E-state index contributed by atoms with van der Waals surface area (Å²) in [6.45, 7) is 3.70. The SMILES string of the molecule is Cc1cc(C(=O)c2cnccc2C)co1. The number of carbonyl (C=O) groups excluding carboxylic acids is 1. The van der Waals surface area contributed by atoms with Crippen LogP contribution in [0.25, 0.3) is 0 Å². The largest absolute Gasteiger partial charge is 0.469 e. The van der Waals surface area contributed by atoms with E-state index in [0.717, 1.165) is 11.3 Å². The number of furan rings is 1. The van der Waals surface area contributed by atoms with Crippen LogP contribution in [0.3, 0.4) is 0 Å². The Morgan fingerprint density at radius 3 is 2.80 bits per heavy atom. The predicted molar refractivity (Wildman–Crippen MR) is 55.9 cm³/mol. The zero-order valence-electron chi connectivity index (χ0n) is 8.65. The minimum atomic E-state index is -0.0440. The average molecular weight is 201 g/mol. The Labute approximate surface area is 87.8 Å². The van der Waals surface area contributed by atoms with Gasteiger partial charge in [0.1, 0.15) is 12.0 Å². The lowest BCUT2D eigenvalue weighted by atomic mass is 10.0. The van der Waals surface area contributed by atoms with E-state index in [0.29, 0.717) is 11.1 Å². The Balaban J connectivity index is 2.41. The summed E-state index contributed by atoms with van der Waals surface area (Å²) in [4.78, 5) is 15.9. The van der Waals surface area contributed by atoms with Gasteiger partial charge in [-0.2, -0.15) is 0 Å². The monoisotopic (exact) mass is 201 g/mol. The molecule has 0 amide bonds. The topological polar surface area (TPSA) is 43.1 Å². The van der Waals surface area contributed by atoms with Crippen LogP contribution < -0.4 is 0 Å². The highest BCUT2D eigenvalue weighted by Gasteiger charge is 2.13. The van der Waals surface area contributed by atoms with E-state index in [1.165, 1.54) is 6.26 Å². The van der Waals surface area contributed by atoms with Gasteiger partial charge < -0.3 is 4.42 Å².